The Balaban J connectivity index is 0.00000121. The van der Waals surface area contributed by atoms with E-state index in [0.717, 1.165) is 16.4 Å². The molecule has 1 atom stereocenters. The summed E-state index contributed by atoms with van der Waals surface area (Å²) in [6, 6.07) is 0. The van der Waals surface area contributed by atoms with Crippen LogP contribution in [0.5, 0.6) is 0 Å². The number of hydrogen-bond donors (Lipinski definition) is 0. The van der Waals surface area contributed by atoms with E-state index in [1.807, 2.05) is 39.0 Å². The Bertz CT molecular complexity index is 364. The van der Waals surface area contributed by atoms with Crippen LogP contribution in [0, 0.1) is 6.92 Å². The summed E-state index contributed by atoms with van der Waals surface area (Å²) >= 11 is 1.67. The van der Waals surface area contributed by atoms with E-state index in [1.54, 1.807) is 17.4 Å². The van der Waals surface area contributed by atoms with Crippen molar-refractivity contribution >= 4 is 11.3 Å². The molecule has 1 rings (SSSR count). The van der Waals surface area contributed by atoms with Crippen LogP contribution in [0.15, 0.2) is 37.0 Å². The molecule has 17 heavy (non-hydrogen) atoms. The van der Waals surface area contributed by atoms with Gasteiger partial charge in [0, 0.05) is 5.92 Å². The van der Waals surface area contributed by atoms with Gasteiger partial charge in [0.1, 0.15) is 10.0 Å². The van der Waals surface area contributed by atoms with Crippen molar-refractivity contribution in [3.63, 3.8) is 0 Å². The maximum Gasteiger partial charge on any atom is 0.120 e. The Kier molecular flexibility index (Phi) is 9.25. The molecule has 1 unspecified atom stereocenters. The minimum absolute atomic E-state index is 0.449. The summed E-state index contributed by atoms with van der Waals surface area (Å²) in [7, 11) is 0. The van der Waals surface area contributed by atoms with Gasteiger partial charge < -0.3 is 0 Å². The summed E-state index contributed by atoms with van der Waals surface area (Å²) in [5.74, 6) is 0.449. The molecule has 1 aromatic heterocycles. The third kappa shape index (κ3) is 6.84. The SMILES string of the molecule is C=C/C=C\C=C/CC(C)c1nnc(C)s1.CC. The van der Waals surface area contributed by atoms with Crippen LogP contribution in [-0.2, 0) is 0 Å². The first kappa shape index (κ1) is 15.8. The summed E-state index contributed by atoms with van der Waals surface area (Å²) in [5.41, 5.74) is 0. The van der Waals surface area contributed by atoms with Gasteiger partial charge in [0.25, 0.3) is 0 Å². The number of aryl methyl sites for hydroxylation is 1. The first-order chi connectivity index (χ1) is 8.24. The lowest BCUT2D eigenvalue weighted by molar-refractivity contribution is 0.754. The van der Waals surface area contributed by atoms with Gasteiger partial charge in [-0.2, -0.15) is 0 Å². The summed E-state index contributed by atoms with van der Waals surface area (Å²) in [5, 5.41) is 10.3. The third-order valence-corrected chi connectivity index (χ3v) is 3.02. The Morgan fingerprint density at radius 3 is 2.47 bits per heavy atom. The number of allylic oxidation sites excluding steroid dienone is 5. The first-order valence-electron chi connectivity index (χ1n) is 5.98. The number of aromatic nitrogens is 2. The third-order valence-electron chi connectivity index (χ3n) is 1.95. The summed E-state index contributed by atoms with van der Waals surface area (Å²) in [4.78, 5) is 0. The lowest BCUT2D eigenvalue weighted by Gasteiger charge is -2.01. The quantitative estimate of drug-likeness (QED) is 0.710. The molecule has 0 spiro atoms. The minimum Gasteiger partial charge on any atom is -0.144 e. The van der Waals surface area contributed by atoms with Crippen molar-refractivity contribution in [1.29, 1.82) is 0 Å². The van der Waals surface area contributed by atoms with E-state index in [9.17, 15) is 0 Å². The zero-order valence-electron chi connectivity index (χ0n) is 11.2. The molecule has 1 heterocycles. The average Bonchev–Trinajstić information content (AvgIpc) is 2.78. The normalized spacial score (nSPS) is 12.5. The molecule has 0 N–H and O–H groups in total. The predicted octanol–water partition coefficient (Wildman–Crippen LogP) is 4.66. The molecule has 0 amide bonds. The highest BCUT2D eigenvalue weighted by Gasteiger charge is 2.08. The highest BCUT2D eigenvalue weighted by molar-refractivity contribution is 7.11. The molecule has 0 aliphatic heterocycles. The van der Waals surface area contributed by atoms with Gasteiger partial charge in [-0.1, -0.05) is 57.7 Å². The molecule has 0 bridgehead atoms. The van der Waals surface area contributed by atoms with Crippen molar-refractivity contribution in [3.8, 4) is 0 Å². The fraction of sp³-hybridized carbons (Fsp3) is 0.429. The van der Waals surface area contributed by atoms with Gasteiger partial charge in [-0.15, -0.1) is 21.5 Å². The van der Waals surface area contributed by atoms with Gasteiger partial charge in [0.05, 0.1) is 0 Å². The van der Waals surface area contributed by atoms with E-state index < -0.39 is 0 Å². The number of hydrogen-bond acceptors (Lipinski definition) is 3. The summed E-state index contributed by atoms with van der Waals surface area (Å²) < 4.78 is 0. The van der Waals surface area contributed by atoms with Crippen molar-refractivity contribution in [2.75, 3.05) is 0 Å². The summed E-state index contributed by atoms with van der Waals surface area (Å²) in [6.45, 7) is 11.8. The topological polar surface area (TPSA) is 25.8 Å². The monoisotopic (exact) mass is 250 g/mol. The van der Waals surface area contributed by atoms with Gasteiger partial charge in [-0.3, -0.25) is 0 Å². The van der Waals surface area contributed by atoms with Crippen LogP contribution >= 0.6 is 11.3 Å². The van der Waals surface area contributed by atoms with E-state index in [4.69, 9.17) is 0 Å². The molecule has 0 saturated heterocycles. The van der Waals surface area contributed by atoms with Crippen molar-refractivity contribution in [2.45, 2.75) is 40.0 Å². The number of nitrogens with zero attached hydrogens (tertiary/aromatic N) is 2. The van der Waals surface area contributed by atoms with Crippen LogP contribution in [0.3, 0.4) is 0 Å². The molecule has 3 heteroatoms. The molecular formula is C14H22N2S. The first-order valence-corrected chi connectivity index (χ1v) is 6.80. The van der Waals surface area contributed by atoms with E-state index in [2.05, 4.69) is 29.8 Å². The van der Waals surface area contributed by atoms with Gasteiger partial charge in [-0.25, -0.2) is 0 Å². The summed E-state index contributed by atoms with van der Waals surface area (Å²) in [6.07, 6.45) is 10.8. The standard InChI is InChI=1S/C12H16N2S.C2H6/c1-4-5-6-7-8-9-10(2)12-14-13-11(3)15-12;1-2/h4-8,10H,1,9H2,2-3H3;1-2H3/b6-5-,8-7-;. The van der Waals surface area contributed by atoms with Crippen molar-refractivity contribution < 1.29 is 0 Å². The maximum absolute atomic E-state index is 4.13. The van der Waals surface area contributed by atoms with Gasteiger partial charge in [0.15, 0.2) is 0 Å². The molecule has 0 aliphatic carbocycles. The highest BCUT2D eigenvalue weighted by Crippen LogP contribution is 2.22. The minimum atomic E-state index is 0.449. The molecule has 0 saturated carbocycles. The molecular weight excluding hydrogens is 228 g/mol. The zero-order chi connectivity index (χ0) is 13.1. The van der Waals surface area contributed by atoms with Crippen molar-refractivity contribution in [3.05, 3.63) is 47.0 Å². The van der Waals surface area contributed by atoms with Crippen LogP contribution in [-0.4, -0.2) is 10.2 Å². The number of rotatable bonds is 5. The van der Waals surface area contributed by atoms with Crippen LogP contribution in [0.25, 0.3) is 0 Å². The molecule has 0 fully saturated rings. The Labute approximate surface area is 109 Å². The predicted molar refractivity (Wildman–Crippen MR) is 77.5 cm³/mol. The molecule has 0 aromatic carbocycles. The lowest BCUT2D eigenvalue weighted by Crippen LogP contribution is -1.90. The Morgan fingerprint density at radius 1 is 1.24 bits per heavy atom. The fourth-order valence-corrected chi connectivity index (χ4v) is 1.88. The lowest BCUT2D eigenvalue weighted by atomic mass is 10.1. The van der Waals surface area contributed by atoms with E-state index in [0.29, 0.717) is 5.92 Å². The second kappa shape index (κ2) is 9.97. The van der Waals surface area contributed by atoms with Gasteiger partial charge in [-0.05, 0) is 13.3 Å². The zero-order valence-corrected chi connectivity index (χ0v) is 12.0. The van der Waals surface area contributed by atoms with E-state index in [-0.39, 0.29) is 0 Å². The fourth-order valence-electron chi connectivity index (χ4n) is 1.12. The van der Waals surface area contributed by atoms with E-state index in [1.165, 1.54) is 0 Å². The molecule has 1 aromatic rings. The van der Waals surface area contributed by atoms with Gasteiger partial charge >= 0.3 is 0 Å². The van der Waals surface area contributed by atoms with Crippen LogP contribution in [0.2, 0.25) is 0 Å². The second-order valence-corrected chi connectivity index (χ2v) is 4.56. The molecule has 94 valence electrons. The largest absolute Gasteiger partial charge is 0.144 e. The van der Waals surface area contributed by atoms with Crippen LogP contribution in [0.4, 0.5) is 0 Å². The smallest absolute Gasteiger partial charge is 0.120 e. The maximum atomic E-state index is 4.13. The average molecular weight is 250 g/mol. The second-order valence-electron chi connectivity index (χ2n) is 3.34. The Hall–Kier alpha value is -1.22. The molecule has 0 radical (unpaired) electrons. The van der Waals surface area contributed by atoms with Crippen molar-refractivity contribution in [2.24, 2.45) is 0 Å². The highest BCUT2D eigenvalue weighted by atomic mass is 32.1. The molecule has 0 aliphatic rings. The van der Waals surface area contributed by atoms with Crippen LogP contribution in [0.1, 0.15) is 43.1 Å². The Morgan fingerprint density at radius 2 is 1.94 bits per heavy atom. The molecule has 2 nitrogen and oxygen atoms in total. The van der Waals surface area contributed by atoms with E-state index >= 15 is 0 Å². The van der Waals surface area contributed by atoms with Crippen LogP contribution < -0.4 is 0 Å². The van der Waals surface area contributed by atoms with Crippen molar-refractivity contribution in [1.82, 2.24) is 10.2 Å². The van der Waals surface area contributed by atoms with Gasteiger partial charge in [0.2, 0.25) is 0 Å².